The number of nitrogens with zero attached hydrogens (tertiary/aromatic N) is 2. The molecule has 0 spiro atoms. The summed E-state index contributed by atoms with van der Waals surface area (Å²) in [7, 11) is -3.48. The van der Waals surface area contributed by atoms with Gasteiger partial charge in [-0.15, -0.1) is 0 Å². The molecule has 1 atom stereocenters. The largest absolute Gasteiger partial charge is 0.313 e. The number of aromatic nitrogens is 1. The van der Waals surface area contributed by atoms with Crippen molar-refractivity contribution in [2.24, 2.45) is 0 Å². The predicted octanol–water partition coefficient (Wildman–Crippen LogP) is 0.515. The molecule has 98 valence electrons. The van der Waals surface area contributed by atoms with Crippen LogP contribution in [0.4, 0.5) is 5.69 Å². The van der Waals surface area contributed by atoms with Crippen molar-refractivity contribution in [1.82, 2.24) is 10.3 Å². The van der Waals surface area contributed by atoms with E-state index in [4.69, 9.17) is 0 Å². The van der Waals surface area contributed by atoms with Crippen LogP contribution in [0.3, 0.4) is 0 Å². The molecule has 0 radical (unpaired) electrons. The Morgan fingerprint density at radius 2 is 2.28 bits per heavy atom. The normalized spacial score (nSPS) is 19.9. The number of rotatable bonds is 4. The lowest BCUT2D eigenvalue weighted by atomic mass is 10.3. The van der Waals surface area contributed by atoms with Gasteiger partial charge in [0.2, 0.25) is 0 Å². The molecule has 7 nitrogen and oxygen atoms in total. The number of hydrogen-bond donors (Lipinski definition) is 1. The summed E-state index contributed by atoms with van der Waals surface area (Å²) in [4.78, 5) is 13.5. The third-order valence-corrected chi connectivity index (χ3v) is 4.55. The van der Waals surface area contributed by atoms with E-state index < -0.39 is 14.8 Å². The second-order valence-electron chi connectivity index (χ2n) is 4.19. The first-order valence-electron chi connectivity index (χ1n) is 5.55. The fraction of sp³-hybridized carbons (Fsp3) is 0.500. The van der Waals surface area contributed by atoms with E-state index in [-0.39, 0.29) is 22.5 Å². The van der Waals surface area contributed by atoms with E-state index in [1.807, 2.05) is 0 Å². The Kier molecular flexibility index (Phi) is 3.58. The van der Waals surface area contributed by atoms with Gasteiger partial charge in [-0.1, -0.05) is 0 Å². The molecule has 0 aromatic carbocycles. The van der Waals surface area contributed by atoms with Gasteiger partial charge in [-0.25, -0.2) is 13.4 Å². The van der Waals surface area contributed by atoms with Gasteiger partial charge in [0.05, 0.1) is 10.7 Å². The monoisotopic (exact) mass is 271 g/mol. The lowest BCUT2D eigenvalue weighted by molar-refractivity contribution is -0.385. The highest BCUT2D eigenvalue weighted by Crippen LogP contribution is 2.16. The summed E-state index contributed by atoms with van der Waals surface area (Å²) in [6, 6.07) is 2.29. The maximum absolute atomic E-state index is 12.0. The van der Waals surface area contributed by atoms with Gasteiger partial charge in [-0.05, 0) is 25.5 Å². The minimum absolute atomic E-state index is 0.0161. The number of hydrogen-bond acceptors (Lipinski definition) is 6. The molecule has 1 aromatic heterocycles. The number of sulfone groups is 1. The van der Waals surface area contributed by atoms with Crippen LogP contribution in [0.15, 0.2) is 23.4 Å². The topological polar surface area (TPSA) is 102 Å². The summed E-state index contributed by atoms with van der Waals surface area (Å²) in [5.74, 6) is -0.0161. The first kappa shape index (κ1) is 12.9. The summed E-state index contributed by atoms with van der Waals surface area (Å²) < 4.78 is 24.0. The number of pyridine rings is 1. The molecular formula is C10H13N3O4S. The highest BCUT2D eigenvalue weighted by Gasteiger charge is 2.25. The van der Waals surface area contributed by atoms with Crippen molar-refractivity contribution < 1.29 is 13.3 Å². The summed E-state index contributed by atoms with van der Waals surface area (Å²) >= 11 is 0. The third-order valence-electron chi connectivity index (χ3n) is 2.83. The molecule has 0 bridgehead atoms. The van der Waals surface area contributed by atoms with Crippen molar-refractivity contribution in [3.8, 4) is 0 Å². The zero-order valence-corrected chi connectivity index (χ0v) is 10.4. The second kappa shape index (κ2) is 4.99. The quantitative estimate of drug-likeness (QED) is 0.632. The zero-order valence-electron chi connectivity index (χ0n) is 9.57. The van der Waals surface area contributed by atoms with Crippen LogP contribution in [0.25, 0.3) is 0 Å². The molecule has 1 unspecified atom stereocenters. The maximum atomic E-state index is 12.0. The van der Waals surface area contributed by atoms with Crippen LogP contribution in [0.1, 0.15) is 12.8 Å². The Labute approximate surface area is 104 Å². The molecule has 18 heavy (non-hydrogen) atoms. The Bertz CT molecular complexity index is 535. The van der Waals surface area contributed by atoms with Crippen molar-refractivity contribution in [3.05, 3.63) is 28.4 Å². The summed E-state index contributed by atoms with van der Waals surface area (Å²) in [5.41, 5.74) is -0.215. The SMILES string of the molecule is O=[N+]([O-])c1ccc(S(=O)(=O)CC2CCCN2)nc1. The highest BCUT2D eigenvalue weighted by atomic mass is 32.2. The smallest absolute Gasteiger partial charge is 0.287 e. The van der Waals surface area contributed by atoms with E-state index in [9.17, 15) is 18.5 Å². The van der Waals surface area contributed by atoms with Gasteiger partial charge in [0.1, 0.15) is 6.20 Å². The van der Waals surface area contributed by atoms with Crippen LogP contribution >= 0.6 is 0 Å². The van der Waals surface area contributed by atoms with Gasteiger partial charge < -0.3 is 5.32 Å². The van der Waals surface area contributed by atoms with E-state index >= 15 is 0 Å². The first-order valence-corrected chi connectivity index (χ1v) is 7.21. The van der Waals surface area contributed by atoms with Crippen molar-refractivity contribution in [2.45, 2.75) is 23.9 Å². The standard InChI is InChI=1S/C10H13N3O4S/c14-13(15)9-3-4-10(12-6-9)18(16,17)7-8-2-1-5-11-8/h3-4,6,8,11H,1-2,5,7H2. The summed E-state index contributed by atoms with van der Waals surface area (Å²) in [6.45, 7) is 0.827. The molecule has 1 saturated heterocycles. The van der Waals surface area contributed by atoms with E-state index in [1.54, 1.807) is 0 Å². The second-order valence-corrected chi connectivity index (χ2v) is 6.17. The lowest BCUT2D eigenvalue weighted by Gasteiger charge is -2.09. The van der Waals surface area contributed by atoms with Gasteiger partial charge in [-0.3, -0.25) is 10.1 Å². The van der Waals surface area contributed by atoms with Gasteiger partial charge in [0, 0.05) is 12.1 Å². The van der Waals surface area contributed by atoms with E-state index in [0.717, 1.165) is 31.6 Å². The molecule has 1 aliphatic rings. The maximum Gasteiger partial charge on any atom is 0.287 e. The van der Waals surface area contributed by atoms with E-state index in [0.29, 0.717) is 0 Å². The fourth-order valence-corrected chi connectivity index (χ4v) is 3.39. The summed E-state index contributed by atoms with van der Waals surface area (Å²) in [5, 5.41) is 13.4. The summed E-state index contributed by atoms with van der Waals surface area (Å²) in [6.07, 6.45) is 2.76. The Hall–Kier alpha value is -1.54. The molecule has 2 rings (SSSR count). The number of nitro groups is 1. The molecular weight excluding hydrogens is 258 g/mol. The molecule has 0 amide bonds. The highest BCUT2D eigenvalue weighted by molar-refractivity contribution is 7.91. The first-order chi connectivity index (χ1) is 8.49. The minimum Gasteiger partial charge on any atom is -0.313 e. The average molecular weight is 271 g/mol. The molecule has 1 aromatic rings. The molecule has 2 heterocycles. The Morgan fingerprint density at radius 1 is 1.50 bits per heavy atom. The van der Waals surface area contributed by atoms with E-state index in [1.165, 1.54) is 6.07 Å². The Balaban J connectivity index is 2.16. The lowest BCUT2D eigenvalue weighted by Crippen LogP contribution is -2.30. The zero-order chi connectivity index (χ0) is 13.2. The van der Waals surface area contributed by atoms with Crippen molar-refractivity contribution in [3.63, 3.8) is 0 Å². The van der Waals surface area contributed by atoms with Crippen LogP contribution in [-0.4, -0.2) is 36.7 Å². The average Bonchev–Trinajstić information content (AvgIpc) is 2.81. The van der Waals surface area contributed by atoms with Crippen LogP contribution in [0.2, 0.25) is 0 Å². The van der Waals surface area contributed by atoms with Crippen LogP contribution < -0.4 is 5.32 Å². The molecule has 1 aliphatic heterocycles. The molecule has 1 fully saturated rings. The van der Waals surface area contributed by atoms with Gasteiger partial charge >= 0.3 is 0 Å². The third kappa shape index (κ3) is 2.82. The predicted molar refractivity (Wildman–Crippen MR) is 64.0 cm³/mol. The fourth-order valence-electron chi connectivity index (χ4n) is 1.91. The van der Waals surface area contributed by atoms with Crippen molar-refractivity contribution in [1.29, 1.82) is 0 Å². The molecule has 8 heteroatoms. The van der Waals surface area contributed by atoms with E-state index in [2.05, 4.69) is 10.3 Å². The van der Waals surface area contributed by atoms with Crippen LogP contribution in [-0.2, 0) is 9.84 Å². The van der Waals surface area contributed by atoms with Crippen molar-refractivity contribution >= 4 is 15.5 Å². The minimum atomic E-state index is -3.48. The number of nitrogens with one attached hydrogen (secondary N) is 1. The van der Waals surface area contributed by atoms with Gasteiger partial charge in [-0.2, -0.15) is 0 Å². The van der Waals surface area contributed by atoms with Crippen LogP contribution in [0, 0.1) is 10.1 Å². The molecule has 0 aliphatic carbocycles. The molecule has 1 N–H and O–H groups in total. The van der Waals surface area contributed by atoms with Crippen molar-refractivity contribution in [2.75, 3.05) is 12.3 Å². The molecule has 0 saturated carbocycles. The van der Waals surface area contributed by atoms with Crippen LogP contribution in [0.5, 0.6) is 0 Å². The van der Waals surface area contributed by atoms with Gasteiger partial charge in [0.15, 0.2) is 14.9 Å². The van der Waals surface area contributed by atoms with Gasteiger partial charge in [0.25, 0.3) is 5.69 Å². The Morgan fingerprint density at radius 3 is 2.78 bits per heavy atom.